The Labute approximate surface area is 118 Å². The highest BCUT2D eigenvalue weighted by molar-refractivity contribution is 9.10. The van der Waals surface area contributed by atoms with Gasteiger partial charge in [-0.2, -0.15) is 0 Å². The first-order valence-corrected chi connectivity index (χ1v) is 6.54. The van der Waals surface area contributed by atoms with E-state index in [1.165, 1.54) is 12.1 Å². The number of nitrogens with one attached hydrogen (secondary N) is 1. The number of hydrazine groups is 1. The van der Waals surface area contributed by atoms with Gasteiger partial charge in [-0.3, -0.25) is 11.3 Å². The van der Waals surface area contributed by atoms with Crippen LogP contribution < -0.4 is 11.3 Å². The smallest absolute Gasteiger partial charge is 0.126 e. The van der Waals surface area contributed by atoms with Crippen molar-refractivity contribution in [2.45, 2.75) is 12.5 Å². The number of benzene rings is 2. The van der Waals surface area contributed by atoms with Gasteiger partial charge in [0.25, 0.3) is 0 Å². The minimum atomic E-state index is -0.606. The van der Waals surface area contributed by atoms with Gasteiger partial charge in [-0.25, -0.2) is 8.78 Å². The normalized spacial score (nSPS) is 12.4. The van der Waals surface area contributed by atoms with Crippen LogP contribution in [0.15, 0.2) is 46.9 Å². The zero-order valence-electron chi connectivity index (χ0n) is 10.0. The molecule has 1 atom stereocenters. The van der Waals surface area contributed by atoms with E-state index in [-0.39, 0.29) is 6.04 Å². The van der Waals surface area contributed by atoms with E-state index >= 15 is 0 Å². The summed E-state index contributed by atoms with van der Waals surface area (Å²) in [5.74, 6) is 4.27. The molecule has 1 unspecified atom stereocenters. The maximum Gasteiger partial charge on any atom is 0.126 e. The predicted octanol–water partition coefficient (Wildman–Crippen LogP) is 3.47. The SMILES string of the molecule is NNC(Cc1ccc(Br)cc1)c1cc(F)cc(F)c1. The molecule has 0 aromatic heterocycles. The van der Waals surface area contributed by atoms with Crippen LogP contribution in [0.3, 0.4) is 0 Å². The highest BCUT2D eigenvalue weighted by Crippen LogP contribution is 2.21. The maximum absolute atomic E-state index is 13.2. The number of halogens is 3. The summed E-state index contributed by atoms with van der Waals surface area (Å²) in [5.41, 5.74) is 4.10. The summed E-state index contributed by atoms with van der Waals surface area (Å²) in [7, 11) is 0. The molecular weight excluding hydrogens is 314 g/mol. The third-order valence-electron chi connectivity index (χ3n) is 2.84. The highest BCUT2D eigenvalue weighted by Gasteiger charge is 2.13. The summed E-state index contributed by atoms with van der Waals surface area (Å²) in [5, 5.41) is 0. The fourth-order valence-electron chi connectivity index (χ4n) is 1.91. The van der Waals surface area contributed by atoms with Crippen LogP contribution in [-0.4, -0.2) is 0 Å². The molecule has 2 aromatic rings. The molecule has 0 spiro atoms. The average Bonchev–Trinajstić information content (AvgIpc) is 2.37. The van der Waals surface area contributed by atoms with Crippen LogP contribution in [0.1, 0.15) is 17.2 Å². The van der Waals surface area contributed by atoms with Crippen molar-refractivity contribution in [1.29, 1.82) is 0 Å². The molecule has 2 nitrogen and oxygen atoms in total. The first-order valence-electron chi connectivity index (χ1n) is 5.75. The van der Waals surface area contributed by atoms with Crippen LogP contribution in [0, 0.1) is 11.6 Å². The first kappa shape index (κ1) is 14.1. The van der Waals surface area contributed by atoms with Crippen LogP contribution in [0.2, 0.25) is 0 Å². The van der Waals surface area contributed by atoms with Crippen molar-refractivity contribution < 1.29 is 8.78 Å². The molecule has 0 saturated carbocycles. The van der Waals surface area contributed by atoms with E-state index in [1.54, 1.807) is 0 Å². The lowest BCUT2D eigenvalue weighted by Gasteiger charge is -2.16. The van der Waals surface area contributed by atoms with Crippen molar-refractivity contribution in [3.63, 3.8) is 0 Å². The van der Waals surface area contributed by atoms with Crippen molar-refractivity contribution in [3.05, 3.63) is 69.7 Å². The van der Waals surface area contributed by atoms with Gasteiger partial charge in [0.05, 0.1) is 6.04 Å². The third kappa shape index (κ3) is 3.83. The molecule has 0 fully saturated rings. The molecule has 2 aromatic carbocycles. The molecule has 2 rings (SSSR count). The van der Waals surface area contributed by atoms with Gasteiger partial charge in [-0.1, -0.05) is 28.1 Å². The number of nitrogens with two attached hydrogens (primary N) is 1. The molecule has 0 aliphatic rings. The Morgan fingerprint density at radius 3 is 2.16 bits per heavy atom. The van der Waals surface area contributed by atoms with Crippen LogP contribution in [0.25, 0.3) is 0 Å². The molecule has 5 heteroatoms. The van der Waals surface area contributed by atoms with E-state index in [4.69, 9.17) is 5.84 Å². The van der Waals surface area contributed by atoms with Gasteiger partial charge in [0.2, 0.25) is 0 Å². The number of hydrogen-bond donors (Lipinski definition) is 2. The second kappa shape index (κ2) is 6.23. The van der Waals surface area contributed by atoms with Crippen LogP contribution in [0.4, 0.5) is 8.78 Å². The fourth-order valence-corrected chi connectivity index (χ4v) is 2.17. The quantitative estimate of drug-likeness (QED) is 0.667. The molecule has 19 heavy (non-hydrogen) atoms. The van der Waals surface area contributed by atoms with E-state index in [0.29, 0.717) is 12.0 Å². The van der Waals surface area contributed by atoms with Gasteiger partial charge in [-0.15, -0.1) is 0 Å². The van der Waals surface area contributed by atoms with Gasteiger partial charge in [0, 0.05) is 10.5 Å². The molecule has 0 bridgehead atoms. The lowest BCUT2D eigenvalue weighted by Crippen LogP contribution is -2.29. The van der Waals surface area contributed by atoms with Crippen LogP contribution in [-0.2, 0) is 6.42 Å². The molecule has 0 aliphatic heterocycles. The Morgan fingerprint density at radius 2 is 1.63 bits per heavy atom. The van der Waals surface area contributed by atoms with E-state index in [2.05, 4.69) is 21.4 Å². The summed E-state index contributed by atoms with van der Waals surface area (Å²) >= 11 is 3.35. The summed E-state index contributed by atoms with van der Waals surface area (Å²) in [4.78, 5) is 0. The Balaban J connectivity index is 2.22. The largest absolute Gasteiger partial charge is 0.271 e. The van der Waals surface area contributed by atoms with E-state index in [0.717, 1.165) is 16.1 Å². The van der Waals surface area contributed by atoms with Gasteiger partial charge >= 0.3 is 0 Å². The standard InChI is InChI=1S/C14H13BrF2N2/c15-11-3-1-9(2-4-11)5-14(19-18)10-6-12(16)8-13(17)7-10/h1-4,6-8,14,19H,5,18H2. The van der Waals surface area contributed by atoms with Crippen molar-refractivity contribution in [3.8, 4) is 0 Å². The minimum Gasteiger partial charge on any atom is -0.271 e. The first-order chi connectivity index (χ1) is 9.08. The van der Waals surface area contributed by atoms with E-state index < -0.39 is 11.6 Å². The average molecular weight is 327 g/mol. The zero-order valence-corrected chi connectivity index (χ0v) is 11.6. The Morgan fingerprint density at radius 1 is 1.05 bits per heavy atom. The van der Waals surface area contributed by atoms with Crippen molar-refractivity contribution in [1.82, 2.24) is 5.43 Å². The number of hydrogen-bond acceptors (Lipinski definition) is 2. The van der Waals surface area contributed by atoms with Crippen molar-refractivity contribution in [2.24, 2.45) is 5.84 Å². The second-order valence-corrected chi connectivity index (χ2v) is 5.17. The molecule has 0 amide bonds. The maximum atomic E-state index is 13.2. The van der Waals surface area contributed by atoms with Crippen LogP contribution in [0.5, 0.6) is 0 Å². The van der Waals surface area contributed by atoms with E-state index in [9.17, 15) is 8.78 Å². The Bertz CT molecular complexity index is 538. The van der Waals surface area contributed by atoms with Crippen LogP contribution >= 0.6 is 15.9 Å². The Hall–Kier alpha value is -1.30. The topological polar surface area (TPSA) is 38.0 Å². The predicted molar refractivity (Wildman–Crippen MR) is 74.3 cm³/mol. The molecule has 100 valence electrons. The highest BCUT2D eigenvalue weighted by atomic mass is 79.9. The molecule has 0 aliphatic carbocycles. The minimum absolute atomic E-state index is 0.341. The summed E-state index contributed by atoms with van der Waals surface area (Å²) in [6.07, 6.45) is 0.548. The zero-order chi connectivity index (χ0) is 13.8. The molecule has 0 heterocycles. The van der Waals surface area contributed by atoms with Gasteiger partial charge < -0.3 is 0 Å². The van der Waals surface area contributed by atoms with Crippen molar-refractivity contribution >= 4 is 15.9 Å². The lowest BCUT2D eigenvalue weighted by atomic mass is 9.99. The van der Waals surface area contributed by atoms with Gasteiger partial charge in [0.1, 0.15) is 11.6 Å². The summed E-state index contributed by atoms with van der Waals surface area (Å²) in [6, 6.07) is 10.8. The second-order valence-electron chi connectivity index (χ2n) is 4.25. The lowest BCUT2D eigenvalue weighted by molar-refractivity contribution is 0.530. The molecule has 0 saturated heterocycles. The fraction of sp³-hybridized carbons (Fsp3) is 0.143. The Kier molecular flexibility index (Phi) is 4.63. The monoisotopic (exact) mass is 326 g/mol. The summed E-state index contributed by atoms with van der Waals surface area (Å²) in [6.45, 7) is 0. The van der Waals surface area contributed by atoms with E-state index in [1.807, 2.05) is 24.3 Å². The van der Waals surface area contributed by atoms with Crippen molar-refractivity contribution in [2.75, 3.05) is 0 Å². The molecule has 0 radical (unpaired) electrons. The van der Waals surface area contributed by atoms with Gasteiger partial charge in [-0.05, 0) is 41.8 Å². The van der Waals surface area contributed by atoms with Gasteiger partial charge in [0.15, 0.2) is 0 Å². The molecular formula is C14H13BrF2N2. The summed E-state index contributed by atoms with van der Waals surface area (Å²) < 4.78 is 27.4. The number of rotatable bonds is 4. The third-order valence-corrected chi connectivity index (χ3v) is 3.37. The molecule has 3 N–H and O–H groups in total.